The van der Waals surface area contributed by atoms with Crippen LogP contribution in [0.4, 0.5) is 17.5 Å². The SMILES string of the molecule is C/N=C(/C)c1c(S)nc(Nc2cnn(C3CCCCCC3)c2)nc1N[C@H]1CC[C@H](N2CCN(C)CC2)CC1. The van der Waals surface area contributed by atoms with Gasteiger partial charge in [0.05, 0.1) is 23.5 Å². The van der Waals surface area contributed by atoms with Gasteiger partial charge in [0.1, 0.15) is 10.8 Å². The van der Waals surface area contributed by atoms with Crippen molar-refractivity contribution < 1.29 is 0 Å². The highest BCUT2D eigenvalue weighted by atomic mass is 32.1. The first-order valence-electron chi connectivity index (χ1n) is 14.5. The number of rotatable bonds is 7. The summed E-state index contributed by atoms with van der Waals surface area (Å²) in [5.41, 5.74) is 2.68. The van der Waals surface area contributed by atoms with Crippen molar-refractivity contribution in [1.82, 2.24) is 29.5 Å². The van der Waals surface area contributed by atoms with E-state index in [-0.39, 0.29) is 0 Å². The smallest absolute Gasteiger partial charge is 0.230 e. The van der Waals surface area contributed by atoms with Crippen LogP contribution in [0.15, 0.2) is 22.4 Å². The Morgan fingerprint density at radius 2 is 1.66 bits per heavy atom. The van der Waals surface area contributed by atoms with Gasteiger partial charge in [-0.2, -0.15) is 10.1 Å². The van der Waals surface area contributed by atoms with Crippen LogP contribution in [0.5, 0.6) is 0 Å². The Hall–Kier alpha value is -2.17. The maximum absolute atomic E-state index is 4.93. The van der Waals surface area contributed by atoms with Gasteiger partial charge in [-0.3, -0.25) is 14.6 Å². The Balaban J connectivity index is 1.27. The molecule has 2 saturated carbocycles. The van der Waals surface area contributed by atoms with Gasteiger partial charge < -0.3 is 15.5 Å². The van der Waals surface area contributed by atoms with Crippen LogP contribution in [0.25, 0.3) is 0 Å². The Labute approximate surface area is 233 Å². The molecule has 2 aliphatic carbocycles. The van der Waals surface area contributed by atoms with E-state index in [4.69, 9.17) is 17.6 Å². The van der Waals surface area contributed by atoms with E-state index in [1.165, 1.54) is 77.5 Å². The van der Waals surface area contributed by atoms with E-state index in [0.29, 0.717) is 29.1 Å². The maximum Gasteiger partial charge on any atom is 0.230 e. The lowest BCUT2D eigenvalue weighted by atomic mass is 9.89. The van der Waals surface area contributed by atoms with Gasteiger partial charge in [0.2, 0.25) is 5.95 Å². The lowest BCUT2D eigenvalue weighted by Gasteiger charge is -2.41. The minimum absolute atomic E-state index is 0.385. The number of hydrogen-bond donors (Lipinski definition) is 3. The zero-order valence-electron chi connectivity index (χ0n) is 23.4. The molecule has 5 rings (SSSR count). The summed E-state index contributed by atoms with van der Waals surface area (Å²) < 4.78 is 2.12. The number of aliphatic imine (C=N–C) groups is 1. The van der Waals surface area contributed by atoms with Crippen molar-refractivity contribution in [3.63, 3.8) is 0 Å². The lowest BCUT2D eigenvalue weighted by molar-refractivity contribution is 0.0894. The average Bonchev–Trinajstić information content (AvgIpc) is 3.20. The maximum atomic E-state index is 4.93. The van der Waals surface area contributed by atoms with Crippen LogP contribution in [0.2, 0.25) is 0 Å². The van der Waals surface area contributed by atoms with Gasteiger partial charge in [-0.1, -0.05) is 25.7 Å². The molecule has 0 atom stereocenters. The van der Waals surface area contributed by atoms with Crippen LogP contribution < -0.4 is 10.6 Å². The van der Waals surface area contributed by atoms with Gasteiger partial charge in [0.25, 0.3) is 0 Å². The molecule has 0 radical (unpaired) electrons. The predicted octanol–water partition coefficient (Wildman–Crippen LogP) is 5.01. The molecule has 3 fully saturated rings. The molecule has 9 nitrogen and oxygen atoms in total. The monoisotopic (exact) mass is 539 g/mol. The fourth-order valence-corrected chi connectivity index (χ4v) is 6.64. The van der Waals surface area contributed by atoms with Crippen LogP contribution in [-0.2, 0) is 0 Å². The van der Waals surface area contributed by atoms with Crippen LogP contribution in [-0.4, -0.2) is 87.6 Å². The minimum Gasteiger partial charge on any atom is -0.367 e. The fraction of sp³-hybridized carbons (Fsp3) is 0.714. The summed E-state index contributed by atoms with van der Waals surface area (Å²) in [5.74, 6) is 1.35. The number of likely N-dealkylation sites (N-methyl/N-ethyl adjacent to an activating group) is 1. The van der Waals surface area contributed by atoms with Crippen molar-refractivity contribution in [1.29, 1.82) is 0 Å². The molecule has 0 amide bonds. The third kappa shape index (κ3) is 6.69. The summed E-state index contributed by atoms with van der Waals surface area (Å²) in [4.78, 5) is 19.2. The molecule has 2 aromatic rings. The number of thiol groups is 1. The van der Waals surface area contributed by atoms with Crippen LogP contribution >= 0.6 is 12.6 Å². The molecule has 0 aromatic carbocycles. The topological polar surface area (TPSA) is 86.5 Å². The standard InChI is InChI=1S/C28H45N9S/c1-20(29-2)25-26(31-21-10-12-23(13-11-21)36-16-14-35(3)15-17-36)33-28(34-27(25)38)32-22-18-30-37(19-22)24-8-6-4-5-7-9-24/h18-19,21,23-24H,4-17H2,1-3H3,(H3,31,32,33,34,38)/b29-20-/t21-,23-. The normalized spacial score (nSPS) is 24.8. The number of hydrogen-bond acceptors (Lipinski definition) is 9. The average molecular weight is 540 g/mol. The zero-order valence-corrected chi connectivity index (χ0v) is 24.3. The molecule has 0 spiro atoms. The molecule has 3 heterocycles. The summed E-state index contributed by atoms with van der Waals surface area (Å²) >= 11 is 4.76. The van der Waals surface area contributed by atoms with E-state index in [2.05, 4.69) is 53.4 Å². The fourth-order valence-electron chi connectivity index (χ4n) is 6.27. The highest BCUT2D eigenvalue weighted by molar-refractivity contribution is 7.80. The number of nitrogens with zero attached hydrogens (tertiary/aromatic N) is 7. The molecule has 10 heteroatoms. The zero-order chi connectivity index (χ0) is 26.5. The number of aromatic nitrogens is 4. The Kier molecular flexibility index (Phi) is 9.22. The molecular formula is C28H45N9S. The van der Waals surface area contributed by atoms with Crippen LogP contribution in [0.1, 0.15) is 82.7 Å². The van der Waals surface area contributed by atoms with Crippen molar-refractivity contribution in [2.75, 3.05) is 50.9 Å². The van der Waals surface area contributed by atoms with Crippen molar-refractivity contribution in [3.05, 3.63) is 18.0 Å². The molecule has 0 unspecified atom stereocenters. The van der Waals surface area contributed by atoms with Gasteiger partial charge in [0, 0.05) is 57.2 Å². The predicted molar refractivity (Wildman–Crippen MR) is 158 cm³/mol. The van der Waals surface area contributed by atoms with Crippen molar-refractivity contribution in [3.8, 4) is 0 Å². The Bertz CT molecular complexity index is 1080. The van der Waals surface area contributed by atoms with Gasteiger partial charge in [-0.05, 0) is 52.5 Å². The summed E-state index contributed by atoms with van der Waals surface area (Å²) in [6.07, 6.45) is 16.3. The minimum atomic E-state index is 0.385. The van der Waals surface area contributed by atoms with E-state index >= 15 is 0 Å². The second-order valence-electron chi connectivity index (χ2n) is 11.4. The van der Waals surface area contributed by atoms with Crippen LogP contribution in [0.3, 0.4) is 0 Å². The van der Waals surface area contributed by atoms with E-state index in [0.717, 1.165) is 35.6 Å². The van der Waals surface area contributed by atoms with Crippen molar-refractivity contribution >= 4 is 35.8 Å². The van der Waals surface area contributed by atoms with E-state index in [9.17, 15) is 0 Å². The second kappa shape index (κ2) is 12.8. The van der Waals surface area contributed by atoms with E-state index < -0.39 is 0 Å². The van der Waals surface area contributed by atoms with Gasteiger partial charge in [-0.15, -0.1) is 12.6 Å². The van der Waals surface area contributed by atoms with Gasteiger partial charge in [-0.25, -0.2) is 4.98 Å². The molecule has 2 aromatic heterocycles. The van der Waals surface area contributed by atoms with Gasteiger partial charge >= 0.3 is 0 Å². The molecule has 38 heavy (non-hydrogen) atoms. The number of anilines is 3. The highest BCUT2D eigenvalue weighted by Crippen LogP contribution is 2.31. The number of nitrogens with one attached hydrogen (secondary N) is 2. The molecule has 208 valence electrons. The third-order valence-corrected chi connectivity index (χ3v) is 9.06. The number of piperazine rings is 1. The Morgan fingerprint density at radius 3 is 2.34 bits per heavy atom. The Morgan fingerprint density at radius 1 is 0.947 bits per heavy atom. The highest BCUT2D eigenvalue weighted by Gasteiger charge is 2.29. The quantitative estimate of drug-likeness (QED) is 0.197. The van der Waals surface area contributed by atoms with Gasteiger partial charge in [0.15, 0.2) is 0 Å². The van der Waals surface area contributed by atoms with E-state index in [1.807, 2.05) is 20.2 Å². The first kappa shape index (κ1) is 27.4. The van der Waals surface area contributed by atoms with Crippen molar-refractivity contribution in [2.45, 2.75) is 94.3 Å². The molecular weight excluding hydrogens is 494 g/mol. The molecule has 1 saturated heterocycles. The summed E-state index contributed by atoms with van der Waals surface area (Å²) in [6, 6.07) is 1.57. The summed E-state index contributed by atoms with van der Waals surface area (Å²) in [7, 11) is 4.03. The molecule has 1 aliphatic heterocycles. The van der Waals surface area contributed by atoms with Crippen molar-refractivity contribution in [2.24, 2.45) is 4.99 Å². The molecule has 3 aliphatic rings. The second-order valence-corrected chi connectivity index (χ2v) is 11.8. The lowest BCUT2D eigenvalue weighted by Crippen LogP contribution is -2.50. The van der Waals surface area contributed by atoms with Crippen LogP contribution in [0, 0.1) is 0 Å². The van der Waals surface area contributed by atoms with E-state index in [1.54, 1.807) is 0 Å². The summed E-state index contributed by atoms with van der Waals surface area (Å²) in [6.45, 7) is 6.74. The summed E-state index contributed by atoms with van der Waals surface area (Å²) in [5, 5.41) is 12.4. The first-order chi connectivity index (χ1) is 18.5. The third-order valence-electron chi connectivity index (χ3n) is 8.74. The molecule has 2 N–H and O–H groups in total. The first-order valence-corrected chi connectivity index (χ1v) is 15.0. The largest absolute Gasteiger partial charge is 0.367 e. The molecule has 0 bridgehead atoms.